The molecule has 0 fully saturated rings. The molecule has 2 N–H and O–H groups in total. The van der Waals surface area contributed by atoms with Crippen LogP contribution in [0, 0.1) is 0 Å². The average molecular weight is 227 g/mol. The highest BCUT2D eigenvalue weighted by Crippen LogP contribution is 2.07. The zero-order valence-corrected chi connectivity index (χ0v) is 8.98. The van der Waals surface area contributed by atoms with Crippen LogP contribution in [-0.2, 0) is 4.79 Å². The molecule has 0 aliphatic carbocycles. The molecule has 0 bridgehead atoms. The average Bonchev–Trinajstić information content (AvgIpc) is 2.10. The molecule has 3 nitrogen and oxygen atoms in total. The van der Waals surface area contributed by atoms with Gasteiger partial charge in [0, 0.05) is 6.54 Å². The van der Waals surface area contributed by atoms with Crippen molar-refractivity contribution in [3.63, 3.8) is 0 Å². The van der Waals surface area contributed by atoms with E-state index in [-0.39, 0.29) is 11.7 Å². The van der Waals surface area contributed by atoms with Crippen LogP contribution in [0.3, 0.4) is 0 Å². The van der Waals surface area contributed by atoms with Crippen molar-refractivity contribution in [1.82, 2.24) is 5.32 Å². The van der Waals surface area contributed by atoms with E-state index in [1.807, 2.05) is 13.8 Å². The summed E-state index contributed by atoms with van der Waals surface area (Å²) in [6.45, 7) is 3.48. The first kappa shape index (κ1) is 13.6. The molecule has 0 aromatic rings. The third-order valence-electron chi connectivity index (χ3n) is 1.35. The minimum atomic E-state index is -2.81. The number of aliphatic hydroxyl groups excluding tert-OH is 1. The maximum atomic E-state index is 11.8. The van der Waals surface area contributed by atoms with Crippen LogP contribution in [0.25, 0.3) is 0 Å². The first-order valence-electron chi connectivity index (χ1n) is 4.28. The minimum Gasteiger partial charge on any atom is -0.385 e. The summed E-state index contributed by atoms with van der Waals surface area (Å²) in [5, 5.41) is 11.2. The summed E-state index contributed by atoms with van der Waals surface area (Å²) in [5.41, 5.74) is 0. The molecule has 0 aliphatic heterocycles. The lowest BCUT2D eigenvalue weighted by molar-refractivity contribution is -0.119. The van der Waals surface area contributed by atoms with E-state index in [0.717, 1.165) is 0 Å². The Hall–Kier alpha value is -0.360. The molecule has 0 heterocycles. The van der Waals surface area contributed by atoms with Crippen molar-refractivity contribution in [2.45, 2.75) is 31.6 Å². The van der Waals surface area contributed by atoms with E-state index in [9.17, 15) is 13.6 Å². The number of hydrogen-bond acceptors (Lipinski definition) is 3. The number of halogens is 2. The van der Waals surface area contributed by atoms with Gasteiger partial charge in [0.15, 0.2) is 0 Å². The highest BCUT2D eigenvalue weighted by molar-refractivity contribution is 8.00. The SMILES string of the molecule is CC(C)SCC(=O)NCC(O)C(F)F. The molecular weight excluding hydrogens is 212 g/mol. The first-order valence-corrected chi connectivity index (χ1v) is 5.33. The highest BCUT2D eigenvalue weighted by Gasteiger charge is 2.17. The van der Waals surface area contributed by atoms with Crippen LogP contribution in [0.4, 0.5) is 8.78 Å². The molecule has 1 amide bonds. The Bertz CT molecular complexity index is 179. The first-order chi connectivity index (χ1) is 6.43. The standard InChI is InChI=1S/C8H15F2NO2S/c1-5(2)14-4-7(13)11-3-6(12)8(9)10/h5-6,8,12H,3-4H2,1-2H3,(H,11,13). The molecule has 0 aliphatic rings. The molecule has 0 radical (unpaired) electrons. The van der Waals surface area contributed by atoms with E-state index in [1.165, 1.54) is 11.8 Å². The second-order valence-electron chi connectivity index (χ2n) is 3.07. The van der Waals surface area contributed by atoms with E-state index in [2.05, 4.69) is 5.32 Å². The van der Waals surface area contributed by atoms with E-state index < -0.39 is 19.1 Å². The minimum absolute atomic E-state index is 0.230. The van der Waals surface area contributed by atoms with Crippen LogP contribution in [0.1, 0.15) is 13.8 Å². The normalized spacial score (nSPS) is 13.4. The third-order valence-corrected chi connectivity index (χ3v) is 2.44. The summed E-state index contributed by atoms with van der Waals surface area (Å²) >= 11 is 1.42. The molecule has 6 heteroatoms. The van der Waals surface area contributed by atoms with Crippen LogP contribution in [0.5, 0.6) is 0 Å². The third kappa shape index (κ3) is 7.08. The van der Waals surface area contributed by atoms with Gasteiger partial charge in [0.05, 0.1) is 5.75 Å². The fourth-order valence-corrected chi connectivity index (χ4v) is 1.19. The van der Waals surface area contributed by atoms with Gasteiger partial charge in [-0.2, -0.15) is 0 Å². The Labute approximate surface area is 86.3 Å². The summed E-state index contributed by atoms with van der Waals surface area (Å²) in [6, 6.07) is 0. The van der Waals surface area contributed by atoms with Crippen molar-refractivity contribution in [2.75, 3.05) is 12.3 Å². The summed E-state index contributed by atoms with van der Waals surface area (Å²) in [7, 11) is 0. The van der Waals surface area contributed by atoms with Gasteiger partial charge in [-0.3, -0.25) is 4.79 Å². The summed E-state index contributed by atoms with van der Waals surface area (Å²) in [4.78, 5) is 11.0. The van der Waals surface area contributed by atoms with Gasteiger partial charge in [0.1, 0.15) is 6.10 Å². The van der Waals surface area contributed by atoms with Crippen LogP contribution in [-0.4, -0.2) is 41.1 Å². The smallest absolute Gasteiger partial charge is 0.265 e. The molecule has 0 aromatic carbocycles. The number of thioether (sulfide) groups is 1. The predicted octanol–water partition coefficient (Wildman–Crippen LogP) is 0.870. The molecule has 0 rings (SSSR count). The monoisotopic (exact) mass is 227 g/mol. The second-order valence-corrected chi connectivity index (χ2v) is 4.63. The number of rotatable bonds is 6. The largest absolute Gasteiger partial charge is 0.385 e. The number of aliphatic hydroxyl groups is 1. The Morgan fingerprint density at radius 2 is 2.07 bits per heavy atom. The number of alkyl halides is 2. The molecule has 0 spiro atoms. The van der Waals surface area contributed by atoms with Crippen molar-refractivity contribution in [2.24, 2.45) is 0 Å². The van der Waals surface area contributed by atoms with Gasteiger partial charge in [0.2, 0.25) is 5.91 Å². The van der Waals surface area contributed by atoms with Crippen LogP contribution in [0.15, 0.2) is 0 Å². The number of carbonyl (C=O) groups is 1. The van der Waals surface area contributed by atoms with Gasteiger partial charge >= 0.3 is 0 Å². The van der Waals surface area contributed by atoms with Crippen molar-refractivity contribution >= 4 is 17.7 Å². The number of hydrogen-bond donors (Lipinski definition) is 2. The van der Waals surface area contributed by atoms with Crippen LogP contribution in [0.2, 0.25) is 0 Å². The van der Waals surface area contributed by atoms with E-state index in [1.54, 1.807) is 0 Å². The van der Waals surface area contributed by atoms with Crippen molar-refractivity contribution in [1.29, 1.82) is 0 Å². The second kappa shape index (κ2) is 7.00. The summed E-state index contributed by atoms with van der Waals surface area (Å²) in [6.07, 6.45) is -4.59. The van der Waals surface area contributed by atoms with Gasteiger partial charge in [-0.25, -0.2) is 8.78 Å². The molecule has 0 saturated heterocycles. The van der Waals surface area contributed by atoms with Crippen molar-refractivity contribution < 1.29 is 18.7 Å². The Balaban J connectivity index is 3.54. The summed E-state index contributed by atoms with van der Waals surface area (Å²) in [5.74, 6) is -0.100. The van der Waals surface area contributed by atoms with E-state index >= 15 is 0 Å². The molecule has 1 atom stereocenters. The fourth-order valence-electron chi connectivity index (χ4n) is 0.601. The molecule has 0 saturated carbocycles. The van der Waals surface area contributed by atoms with Gasteiger partial charge < -0.3 is 10.4 Å². The number of amides is 1. The number of nitrogens with one attached hydrogen (secondary N) is 1. The Morgan fingerprint density at radius 3 is 2.50 bits per heavy atom. The lowest BCUT2D eigenvalue weighted by Crippen LogP contribution is -2.36. The topological polar surface area (TPSA) is 49.3 Å². The maximum Gasteiger partial charge on any atom is 0.265 e. The zero-order valence-electron chi connectivity index (χ0n) is 8.17. The lowest BCUT2D eigenvalue weighted by atomic mass is 10.4. The van der Waals surface area contributed by atoms with Crippen LogP contribution >= 0.6 is 11.8 Å². The number of carbonyl (C=O) groups excluding carboxylic acids is 1. The molecule has 0 aromatic heterocycles. The zero-order chi connectivity index (χ0) is 11.1. The van der Waals surface area contributed by atoms with Gasteiger partial charge in [-0.05, 0) is 5.25 Å². The Kier molecular flexibility index (Phi) is 6.82. The Morgan fingerprint density at radius 1 is 1.50 bits per heavy atom. The molecule has 14 heavy (non-hydrogen) atoms. The van der Waals surface area contributed by atoms with E-state index in [4.69, 9.17) is 5.11 Å². The summed E-state index contributed by atoms with van der Waals surface area (Å²) < 4.78 is 23.6. The van der Waals surface area contributed by atoms with E-state index in [0.29, 0.717) is 5.25 Å². The van der Waals surface area contributed by atoms with Crippen molar-refractivity contribution in [3.8, 4) is 0 Å². The molecule has 84 valence electrons. The van der Waals surface area contributed by atoms with Crippen LogP contribution < -0.4 is 5.32 Å². The van der Waals surface area contributed by atoms with Gasteiger partial charge in [-0.1, -0.05) is 13.8 Å². The van der Waals surface area contributed by atoms with Crippen molar-refractivity contribution in [3.05, 3.63) is 0 Å². The maximum absolute atomic E-state index is 11.8. The van der Waals surface area contributed by atoms with Gasteiger partial charge in [-0.15, -0.1) is 11.8 Å². The lowest BCUT2D eigenvalue weighted by Gasteiger charge is -2.10. The molecule has 1 unspecified atom stereocenters. The predicted molar refractivity (Wildman–Crippen MR) is 52.6 cm³/mol. The van der Waals surface area contributed by atoms with Gasteiger partial charge in [0.25, 0.3) is 6.43 Å². The highest BCUT2D eigenvalue weighted by atomic mass is 32.2. The molecular formula is C8H15F2NO2S. The quantitative estimate of drug-likeness (QED) is 0.708. The fraction of sp³-hybridized carbons (Fsp3) is 0.875.